The monoisotopic (exact) mass is 179 g/mol. The Morgan fingerprint density at radius 2 is 2.09 bits per heavy atom. The third-order valence-electron chi connectivity index (χ3n) is 1.19. The fraction of sp³-hybridized carbons (Fsp3) is 0.857. The third-order valence-corrected chi connectivity index (χ3v) is 1.19. The molecule has 0 saturated heterocycles. The Balaban J connectivity index is 0. The lowest BCUT2D eigenvalue weighted by Gasteiger charge is -2.07. The minimum atomic E-state index is -0.426. The lowest BCUT2D eigenvalue weighted by Crippen LogP contribution is -2.31. The van der Waals surface area contributed by atoms with Crippen molar-refractivity contribution in [2.75, 3.05) is 6.61 Å². The second-order valence-electron chi connectivity index (χ2n) is 2.15. The van der Waals surface area contributed by atoms with Crippen LogP contribution in [-0.4, -0.2) is 18.6 Å². The van der Waals surface area contributed by atoms with E-state index in [1.807, 2.05) is 6.92 Å². The van der Waals surface area contributed by atoms with Gasteiger partial charge < -0.3 is 10.5 Å². The molecule has 0 rings (SSSR count). The number of esters is 1. The van der Waals surface area contributed by atoms with Gasteiger partial charge in [0.2, 0.25) is 0 Å². The lowest BCUT2D eigenvalue weighted by atomic mass is 10.2. The van der Waals surface area contributed by atoms with Crippen molar-refractivity contribution in [3.8, 4) is 0 Å². The van der Waals surface area contributed by atoms with E-state index < -0.39 is 6.04 Å². The van der Waals surface area contributed by atoms with Crippen molar-refractivity contribution >= 4 is 19.5 Å². The second kappa shape index (κ2) is 7.88. The molecular weight excluding hydrogens is 162 g/mol. The Bertz CT molecular complexity index is 109. The van der Waals surface area contributed by atoms with Gasteiger partial charge in [0.1, 0.15) is 6.04 Å². The maximum absolute atomic E-state index is 10.8. The molecule has 0 spiro atoms. The van der Waals surface area contributed by atoms with E-state index in [9.17, 15) is 4.79 Å². The first kappa shape index (κ1) is 13.4. The summed E-state index contributed by atoms with van der Waals surface area (Å²) in [5.41, 5.74) is 5.44. The van der Waals surface area contributed by atoms with Gasteiger partial charge in [-0.2, -0.15) is 13.5 Å². The summed E-state index contributed by atoms with van der Waals surface area (Å²) in [6, 6.07) is -0.426. The minimum absolute atomic E-state index is 0. The van der Waals surface area contributed by atoms with Gasteiger partial charge in [0.05, 0.1) is 6.61 Å². The zero-order valence-corrected chi connectivity index (χ0v) is 8.09. The van der Waals surface area contributed by atoms with Crippen molar-refractivity contribution in [3.63, 3.8) is 0 Å². The molecule has 11 heavy (non-hydrogen) atoms. The topological polar surface area (TPSA) is 52.3 Å². The molecule has 2 N–H and O–H groups in total. The van der Waals surface area contributed by atoms with Crippen LogP contribution in [0.15, 0.2) is 0 Å². The van der Waals surface area contributed by atoms with Gasteiger partial charge in [-0.25, -0.2) is 0 Å². The molecule has 4 heteroatoms. The quantitative estimate of drug-likeness (QED) is 0.649. The molecule has 0 amide bonds. The number of hydrogen-bond donors (Lipinski definition) is 1. The van der Waals surface area contributed by atoms with Gasteiger partial charge in [-0.05, 0) is 13.3 Å². The summed E-state index contributed by atoms with van der Waals surface area (Å²) in [6.07, 6.45) is 1.62. The number of hydrogen-bond acceptors (Lipinski definition) is 3. The molecule has 0 unspecified atom stereocenters. The number of ether oxygens (including phenoxy) is 1. The van der Waals surface area contributed by atoms with Gasteiger partial charge in [-0.3, -0.25) is 4.79 Å². The Morgan fingerprint density at radius 1 is 1.55 bits per heavy atom. The molecular formula is C7H17NO2S. The van der Waals surface area contributed by atoms with Crippen LogP contribution >= 0.6 is 13.5 Å². The predicted octanol–water partition coefficient (Wildman–Crippen LogP) is 0.790. The van der Waals surface area contributed by atoms with Crippen molar-refractivity contribution in [2.24, 2.45) is 5.73 Å². The summed E-state index contributed by atoms with van der Waals surface area (Å²) < 4.78 is 4.69. The zero-order chi connectivity index (χ0) is 7.98. The average Bonchev–Trinajstić information content (AvgIpc) is 1.89. The van der Waals surface area contributed by atoms with Crippen molar-refractivity contribution < 1.29 is 9.53 Å². The summed E-state index contributed by atoms with van der Waals surface area (Å²) in [6.45, 7) is 4.17. The Morgan fingerprint density at radius 3 is 2.45 bits per heavy atom. The molecule has 0 aromatic heterocycles. The zero-order valence-electron chi connectivity index (χ0n) is 7.09. The molecule has 1 atom stereocenters. The van der Waals surface area contributed by atoms with Crippen LogP contribution in [0.4, 0.5) is 0 Å². The maximum Gasteiger partial charge on any atom is 0.322 e. The Kier molecular flexibility index (Phi) is 9.58. The minimum Gasteiger partial charge on any atom is -0.465 e. The molecule has 68 valence electrons. The first-order valence-corrected chi connectivity index (χ1v) is 3.64. The lowest BCUT2D eigenvalue weighted by molar-refractivity contribution is -0.144. The van der Waals surface area contributed by atoms with Crippen LogP contribution in [0.2, 0.25) is 0 Å². The van der Waals surface area contributed by atoms with Crippen LogP contribution in [-0.2, 0) is 9.53 Å². The Labute approximate surface area is 74.7 Å². The molecule has 0 heterocycles. The van der Waals surface area contributed by atoms with Gasteiger partial charge >= 0.3 is 5.97 Å². The summed E-state index contributed by atoms with van der Waals surface area (Å²) >= 11 is 0. The number of nitrogens with two attached hydrogens (primary N) is 1. The molecule has 0 aliphatic heterocycles. The summed E-state index contributed by atoms with van der Waals surface area (Å²) in [5.74, 6) is -0.288. The van der Waals surface area contributed by atoms with E-state index in [-0.39, 0.29) is 19.5 Å². The molecule has 0 bridgehead atoms. The Hall–Kier alpha value is -0.220. The van der Waals surface area contributed by atoms with Gasteiger partial charge in [-0.1, -0.05) is 13.3 Å². The fourth-order valence-corrected chi connectivity index (χ4v) is 0.678. The highest BCUT2D eigenvalue weighted by Gasteiger charge is 2.11. The van der Waals surface area contributed by atoms with E-state index in [1.54, 1.807) is 6.92 Å². The van der Waals surface area contributed by atoms with Gasteiger partial charge in [0.15, 0.2) is 0 Å². The SMILES string of the molecule is CCC[C@H](N)C(=O)OCC.S. The van der Waals surface area contributed by atoms with Gasteiger partial charge in [0.25, 0.3) is 0 Å². The van der Waals surface area contributed by atoms with E-state index in [1.165, 1.54) is 0 Å². The first-order valence-electron chi connectivity index (χ1n) is 3.64. The average molecular weight is 179 g/mol. The highest BCUT2D eigenvalue weighted by molar-refractivity contribution is 7.59. The molecule has 3 nitrogen and oxygen atoms in total. The van der Waals surface area contributed by atoms with Crippen LogP contribution in [0, 0.1) is 0 Å². The molecule has 0 aromatic carbocycles. The largest absolute Gasteiger partial charge is 0.465 e. The third kappa shape index (κ3) is 6.19. The van der Waals surface area contributed by atoms with Gasteiger partial charge in [-0.15, -0.1) is 0 Å². The van der Waals surface area contributed by atoms with E-state index in [2.05, 4.69) is 0 Å². The number of carbonyl (C=O) groups is 1. The maximum atomic E-state index is 10.8. The van der Waals surface area contributed by atoms with E-state index >= 15 is 0 Å². The highest BCUT2D eigenvalue weighted by Crippen LogP contribution is 1.95. The van der Waals surface area contributed by atoms with E-state index in [0.29, 0.717) is 13.0 Å². The van der Waals surface area contributed by atoms with Crippen molar-refractivity contribution in [1.29, 1.82) is 0 Å². The van der Waals surface area contributed by atoms with Crippen molar-refractivity contribution in [2.45, 2.75) is 32.7 Å². The normalized spacial score (nSPS) is 11.5. The molecule has 0 saturated carbocycles. The number of rotatable bonds is 4. The standard InChI is InChI=1S/C7H15NO2.H2S/c1-3-5-6(8)7(9)10-4-2;/h6H,3-5,8H2,1-2H3;1H2/t6-;/m0./s1. The van der Waals surface area contributed by atoms with E-state index in [0.717, 1.165) is 6.42 Å². The van der Waals surface area contributed by atoms with Crippen LogP contribution in [0.5, 0.6) is 0 Å². The smallest absolute Gasteiger partial charge is 0.322 e. The first-order chi connectivity index (χ1) is 4.72. The van der Waals surface area contributed by atoms with E-state index in [4.69, 9.17) is 10.5 Å². The predicted molar refractivity (Wildman–Crippen MR) is 49.9 cm³/mol. The highest BCUT2D eigenvalue weighted by atomic mass is 32.1. The molecule has 0 aromatic rings. The van der Waals surface area contributed by atoms with Crippen LogP contribution in [0.3, 0.4) is 0 Å². The summed E-state index contributed by atoms with van der Waals surface area (Å²) in [7, 11) is 0. The molecule has 0 aliphatic rings. The second-order valence-corrected chi connectivity index (χ2v) is 2.15. The summed E-state index contributed by atoms with van der Waals surface area (Å²) in [4.78, 5) is 10.8. The molecule has 0 fully saturated rings. The van der Waals surface area contributed by atoms with Crippen LogP contribution in [0.25, 0.3) is 0 Å². The van der Waals surface area contributed by atoms with Gasteiger partial charge in [0, 0.05) is 0 Å². The molecule has 0 radical (unpaired) electrons. The van der Waals surface area contributed by atoms with Crippen LogP contribution < -0.4 is 5.73 Å². The molecule has 0 aliphatic carbocycles. The number of carbonyl (C=O) groups excluding carboxylic acids is 1. The van der Waals surface area contributed by atoms with Crippen molar-refractivity contribution in [1.82, 2.24) is 0 Å². The fourth-order valence-electron chi connectivity index (χ4n) is 0.678. The van der Waals surface area contributed by atoms with Crippen molar-refractivity contribution in [3.05, 3.63) is 0 Å². The summed E-state index contributed by atoms with van der Waals surface area (Å²) in [5, 5.41) is 0. The van der Waals surface area contributed by atoms with Crippen LogP contribution in [0.1, 0.15) is 26.7 Å².